The molecule has 0 spiro atoms. The molecule has 0 saturated carbocycles. The number of hydrogen-bond donors (Lipinski definition) is 2. The molecule has 1 aromatic carbocycles. The lowest BCUT2D eigenvalue weighted by molar-refractivity contribution is -0.121. The van der Waals surface area contributed by atoms with Crippen LogP contribution in [0.5, 0.6) is 0 Å². The minimum Gasteiger partial charge on any atom is -0.352 e. The van der Waals surface area contributed by atoms with Crippen LogP contribution in [0, 0.1) is 0 Å². The molecule has 0 saturated heterocycles. The summed E-state index contributed by atoms with van der Waals surface area (Å²) in [5.41, 5.74) is 5.15. The van der Waals surface area contributed by atoms with Crippen molar-refractivity contribution in [3.05, 3.63) is 57.3 Å². The van der Waals surface area contributed by atoms with Crippen molar-refractivity contribution in [2.45, 2.75) is 32.5 Å². The van der Waals surface area contributed by atoms with E-state index in [0.29, 0.717) is 13.0 Å². The van der Waals surface area contributed by atoms with Gasteiger partial charge in [0.2, 0.25) is 5.91 Å². The number of hydrogen-bond acceptors (Lipinski definition) is 3. The molecule has 2 aromatic rings. The molecule has 1 amide bonds. The van der Waals surface area contributed by atoms with Gasteiger partial charge in [0.15, 0.2) is 0 Å². The van der Waals surface area contributed by atoms with Crippen molar-refractivity contribution in [3.63, 3.8) is 0 Å². The Kier molecular flexibility index (Phi) is 5.79. The quantitative estimate of drug-likeness (QED) is 0.888. The first-order chi connectivity index (χ1) is 9.81. The first-order valence-corrected chi connectivity index (χ1v) is 7.85. The highest BCUT2D eigenvalue weighted by Gasteiger charge is 2.10. The van der Waals surface area contributed by atoms with Crippen LogP contribution in [0.2, 0.25) is 0 Å². The molecule has 0 fully saturated rings. The average molecular weight is 323 g/mol. The van der Waals surface area contributed by atoms with Crippen LogP contribution < -0.4 is 10.6 Å². The van der Waals surface area contributed by atoms with Gasteiger partial charge in [0.1, 0.15) is 0 Å². The second-order valence-electron chi connectivity index (χ2n) is 5.11. The number of amides is 1. The van der Waals surface area contributed by atoms with Crippen molar-refractivity contribution in [1.29, 1.82) is 0 Å². The van der Waals surface area contributed by atoms with Gasteiger partial charge in [-0.2, -0.15) is 11.3 Å². The lowest BCUT2D eigenvalue weighted by atomic mass is 10.1. The SMILES string of the molecule is Cl.O=C(CCc1ccsc1)NCc1ccc2c(c1)CNC2. The molecule has 1 aliphatic heterocycles. The molecule has 5 heteroatoms. The Morgan fingerprint density at radius 1 is 1.19 bits per heavy atom. The summed E-state index contributed by atoms with van der Waals surface area (Å²) in [7, 11) is 0. The minimum absolute atomic E-state index is 0. The summed E-state index contributed by atoms with van der Waals surface area (Å²) in [5.74, 6) is 0.120. The zero-order valence-corrected chi connectivity index (χ0v) is 13.4. The van der Waals surface area contributed by atoms with E-state index in [-0.39, 0.29) is 18.3 Å². The van der Waals surface area contributed by atoms with E-state index in [9.17, 15) is 4.79 Å². The highest BCUT2D eigenvalue weighted by Crippen LogP contribution is 2.17. The largest absolute Gasteiger partial charge is 0.352 e. The van der Waals surface area contributed by atoms with Crippen molar-refractivity contribution in [3.8, 4) is 0 Å². The van der Waals surface area contributed by atoms with E-state index < -0.39 is 0 Å². The molecule has 2 N–H and O–H groups in total. The molecule has 3 nitrogen and oxygen atoms in total. The summed E-state index contributed by atoms with van der Waals surface area (Å²) in [6.07, 6.45) is 1.38. The van der Waals surface area contributed by atoms with E-state index in [1.807, 2.05) is 5.38 Å². The van der Waals surface area contributed by atoms with Gasteiger partial charge < -0.3 is 10.6 Å². The smallest absolute Gasteiger partial charge is 0.220 e. The highest BCUT2D eigenvalue weighted by molar-refractivity contribution is 7.07. The molecule has 1 aliphatic rings. The van der Waals surface area contributed by atoms with Crippen LogP contribution in [0.4, 0.5) is 0 Å². The predicted molar refractivity (Wildman–Crippen MR) is 88.7 cm³/mol. The monoisotopic (exact) mass is 322 g/mol. The maximum atomic E-state index is 11.8. The summed E-state index contributed by atoms with van der Waals surface area (Å²) in [5, 5.41) is 10.5. The number of benzene rings is 1. The van der Waals surface area contributed by atoms with Crippen molar-refractivity contribution >= 4 is 29.7 Å². The second kappa shape index (κ2) is 7.59. The molecule has 0 atom stereocenters. The maximum absolute atomic E-state index is 11.8. The second-order valence-corrected chi connectivity index (χ2v) is 5.89. The molecule has 3 rings (SSSR count). The fraction of sp³-hybridized carbons (Fsp3) is 0.312. The molecular weight excluding hydrogens is 304 g/mol. The highest BCUT2D eigenvalue weighted by atomic mass is 35.5. The van der Waals surface area contributed by atoms with Crippen LogP contribution in [0.1, 0.15) is 28.7 Å². The Labute approximate surface area is 135 Å². The van der Waals surface area contributed by atoms with Gasteiger partial charge in [-0.15, -0.1) is 12.4 Å². The number of carbonyl (C=O) groups excluding carboxylic acids is 1. The number of fused-ring (bicyclic) bond motifs is 1. The van der Waals surface area contributed by atoms with Crippen molar-refractivity contribution in [2.75, 3.05) is 0 Å². The number of carbonyl (C=O) groups is 1. The first kappa shape index (κ1) is 16.0. The van der Waals surface area contributed by atoms with E-state index in [0.717, 1.165) is 19.5 Å². The standard InChI is InChI=1S/C16H18N2OS.ClH/c19-16(4-2-12-5-6-20-11-12)18-8-13-1-3-14-9-17-10-15(14)7-13;/h1,3,5-7,11,17H,2,4,8-10H2,(H,18,19);1H. The number of rotatable bonds is 5. The number of thiophene rings is 1. The topological polar surface area (TPSA) is 41.1 Å². The Morgan fingerprint density at radius 2 is 2.05 bits per heavy atom. The Bertz CT molecular complexity index is 598. The van der Waals surface area contributed by atoms with Crippen LogP contribution in [0.3, 0.4) is 0 Å². The van der Waals surface area contributed by atoms with Crippen molar-refractivity contribution in [1.82, 2.24) is 10.6 Å². The molecule has 0 bridgehead atoms. The van der Waals surface area contributed by atoms with Crippen LogP contribution in [0.15, 0.2) is 35.0 Å². The summed E-state index contributed by atoms with van der Waals surface area (Å²) in [4.78, 5) is 11.8. The average Bonchev–Trinajstić information content (AvgIpc) is 3.13. The van der Waals surface area contributed by atoms with Gasteiger partial charge in [-0.1, -0.05) is 18.2 Å². The van der Waals surface area contributed by atoms with Gasteiger partial charge in [-0.3, -0.25) is 4.79 Å². The van der Waals surface area contributed by atoms with Crippen LogP contribution in [-0.4, -0.2) is 5.91 Å². The molecule has 112 valence electrons. The zero-order chi connectivity index (χ0) is 13.8. The normalized spacial score (nSPS) is 12.6. The van der Waals surface area contributed by atoms with Gasteiger partial charge in [-0.25, -0.2) is 0 Å². The van der Waals surface area contributed by atoms with Crippen molar-refractivity contribution < 1.29 is 4.79 Å². The first-order valence-electron chi connectivity index (χ1n) is 6.90. The summed E-state index contributed by atoms with van der Waals surface area (Å²) in [6.45, 7) is 2.52. The third kappa shape index (κ3) is 4.30. The Morgan fingerprint density at radius 3 is 2.86 bits per heavy atom. The summed E-state index contributed by atoms with van der Waals surface area (Å²) < 4.78 is 0. The molecule has 0 aliphatic carbocycles. The predicted octanol–water partition coefficient (Wildman–Crippen LogP) is 3.02. The summed E-state index contributed by atoms with van der Waals surface area (Å²) in [6, 6.07) is 8.52. The lowest BCUT2D eigenvalue weighted by Crippen LogP contribution is -2.23. The van der Waals surface area contributed by atoms with E-state index in [1.54, 1.807) is 11.3 Å². The van der Waals surface area contributed by atoms with Gasteiger partial charge in [0.25, 0.3) is 0 Å². The molecule has 2 heterocycles. The fourth-order valence-corrected chi connectivity index (χ4v) is 3.14. The zero-order valence-electron chi connectivity index (χ0n) is 11.7. The van der Waals surface area contributed by atoms with E-state index >= 15 is 0 Å². The van der Waals surface area contributed by atoms with Crippen LogP contribution >= 0.6 is 23.7 Å². The number of aryl methyl sites for hydroxylation is 1. The number of nitrogens with one attached hydrogen (secondary N) is 2. The van der Waals surface area contributed by atoms with E-state index in [2.05, 4.69) is 40.3 Å². The molecule has 0 radical (unpaired) electrons. The van der Waals surface area contributed by atoms with E-state index in [1.165, 1.54) is 22.3 Å². The maximum Gasteiger partial charge on any atom is 0.220 e. The Balaban J connectivity index is 0.00000161. The van der Waals surface area contributed by atoms with Crippen LogP contribution in [-0.2, 0) is 30.8 Å². The summed E-state index contributed by atoms with van der Waals surface area (Å²) >= 11 is 1.68. The van der Waals surface area contributed by atoms with Crippen LogP contribution in [0.25, 0.3) is 0 Å². The molecular formula is C16H19ClN2OS. The fourth-order valence-electron chi connectivity index (χ4n) is 2.44. The van der Waals surface area contributed by atoms with Gasteiger partial charge >= 0.3 is 0 Å². The van der Waals surface area contributed by atoms with E-state index in [4.69, 9.17) is 0 Å². The van der Waals surface area contributed by atoms with Gasteiger partial charge in [0.05, 0.1) is 0 Å². The Hall–Kier alpha value is -1.36. The molecule has 1 aromatic heterocycles. The molecule has 21 heavy (non-hydrogen) atoms. The minimum atomic E-state index is 0. The third-order valence-corrected chi connectivity index (χ3v) is 4.34. The molecule has 0 unspecified atom stereocenters. The van der Waals surface area contributed by atoms with Gasteiger partial charge in [0, 0.05) is 26.1 Å². The lowest BCUT2D eigenvalue weighted by Gasteiger charge is -2.07. The van der Waals surface area contributed by atoms with Gasteiger partial charge in [-0.05, 0) is 45.5 Å². The number of halogens is 1. The third-order valence-electron chi connectivity index (χ3n) is 3.61. The van der Waals surface area contributed by atoms with Crippen molar-refractivity contribution in [2.24, 2.45) is 0 Å².